The number of H-pyrrole nitrogens is 1. The quantitative estimate of drug-likeness (QED) is 0.667. The van der Waals surface area contributed by atoms with Gasteiger partial charge in [0, 0.05) is 19.3 Å². The lowest BCUT2D eigenvalue weighted by Gasteiger charge is -2.33. The monoisotopic (exact) mass is 335 g/mol. The van der Waals surface area contributed by atoms with E-state index in [0.717, 1.165) is 6.42 Å². The van der Waals surface area contributed by atoms with E-state index in [9.17, 15) is 14.4 Å². The van der Waals surface area contributed by atoms with Crippen molar-refractivity contribution >= 4 is 17.7 Å². The summed E-state index contributed by atoms with van der Waals surface area (Å²) in [7, 11) is 0. The van der Waals surface area contributed by atoms with Crippen molar-refractivity contribution in [3.63, 3.8) is 0 Å². The lowest BCUT2D eigenvalue weighted by molar-refractivity contribution is -0.137. The van der Waals surface area contributed by atoms with E-state index in [1.165, 1.54) is 6.33 Å². The smallest absolute Gasteiger partial charge is 0.240 e. The van der Waals surface area contributed by atoms with E-state index in [1.807, 2.05) is 13.8 Å². The highest BCUT2D eigenvalue weighted by Gasteiger charge is 2.31. The summed E-state index contributed by atoms with van der Waals surface area (Å²) in [5, 5.41) is 2.72. The maximum atomic E-state index is 12.4. The Morgan fingerprint density at radius 2 is 2.21 bits per heavy atom. The van der Waals surface area contributed by atoms with Gasteiger partial charge in [-0.1, -0.05) is 13.8 Å². The Hall–Kier alpha value is -2.38. The summed E-state index contributed by atoms with van der Waals surface area (Å²) < 4.78 is 0. The predicted octanol–water partition coefficient (Wildman–Crippen LogP) is -0.183. The zero-order chi connectivity index (χ0) is 17.7. The third kappa shape index (κ3) is 4.56. The number of imidazole rings is 1. The van der Waals surface area contributed by atoms with Crippen LogP contribution in [0.1, 0.15) is 32.4 Å². The molecular formula is C16H25N5O3. The van der Waals surface area contributed by atoms with Crippen LogP contribution in [0.2, 0.25) is 0 Å². The fourth-order valence-corrected chi connectivity index (χ4v) is 2.91. The third-order valence-electron chi connectivity index (χ3n) is 4.30. The first-order valence-corrected chi connectivity index (χ1v) is 8.23. The van der Waals surface area contributed by atoms with Crippen LogP contribution in [0.5, 0.6) is 0 Å². The Kier molecular flexibility index (Phi) is 5.94. The van der Waals surface area contributed by atoms with Crippen molar-refractivity contribution in [2.75, 3.05) is 13.1 Å². The Balaban J connectivity index is 1.93. The molecule has 2 unspecified atom stereocenters. The van der Waals surface area contributed by atoms with Gasteiger partial charge in [-0.25, -0.2) is 4.98 Å². The van der Waals surface area contributed by atoms with Crippen LogP contribution in [0.15, 0.2) is 12.5 Å². The van der Waals surface area contributed by atoms with E-state index in [-0.39, 0.29) is 30.1 Å². The van der Waals surface area contributed by atoms with Crippen molar-refractivity contribution in [1.29, 1.82) is 0 Å². The maximum absolute atomic E-state index is 12.4. The van der Waals surface area contributed by atoms with Crippen LogP contribution in [0, 0.1) is 11.8 Å². The van der Waals surface area contributed by atoms with Gasteiger partial charge in [0.05, 0.1) is 24.4 Å². The van der Waals surface area contributed by atoms with Crippen LogP contribution < -0.4 is 11.1 Å². The van der Waals surface area contributed by atoms with Crippen molar-refractivity contribution in [1.82, 2.24) is 20.2 Å². The molecule has 1 aromatic heterocycles. The number of hydrogen-bond donors (Lipinski definition) is 3. The van der Waals surface area contributed by atoms with Gasteiger partial charge in [-0.3, -0.25) is 14.4 Å². The molecule has 0 bridgehead atoms. The molecule has 1 aliphatic rings. The van der Waals surface area contributed by atoms with E-state index in [1.54, 1.807) is 11.1 Å². The highest BCUT2D eigenvalue weighted by Crippen LogP contribution is 2.18. The average molecular weight is 335 g/mol. The Bertz CT molecular complexity index is 585. The zero-order valence-electron chi connectivity index (χ0n) is 14.1. The number of piperidine rings is 1. The fourth-order valence-electron chi connectivity index (χ4n) is 2.91. The van der Waals surface area contributed by atoms with E-state index >= 15 is 0 Å². The first-order valence-electron chi connectivity index (χ1n) is 8.23. The average Bonchev–Trinajstić information content (AvgIpc) is 3.04. The molecule has 0 radical (unpaired) electrons. The third-order valence-corrected chi connectivity index (χ3v) is 4.30. The fraction of sp³-hybridized carbons (Fsp3) is 0.625. The van der Waals surface area contributed by atoms with Crippen LogP contribution in [-0.4, -0.2) is 51.7 Å². The summed E-state index contributed by atoms with van der Waals surface area (Å²) in [6, 6.07) is -0.687. The first kappa shape index (κ1) is 18.0. The van der Waals surface area contributed by atoms with Gasteiger partial charge in [0.25, 0.3) is 0 Å². The van der Waals surface area contributed by atoms with Gasteiger partial charge in [0.1, 0.15) is 6.04 Å². The minimum absolute atomic E-state index is 0.0464. The lowest BCUT2D eigenvalue weighted by atomic mass is 9.95. The Labute approximate surface area is 141 Å². The standard InChI is InChI=1S/C16H25N5O3/c1-10(2)14(15(17)23)20-16(24)11-4-3-5-21(8-11)13(22)6-12-7-18-9-19-12/h7,9-11,14H,3-6,8H2,1-2H3,(H2,17,23)(H,18,19)(H,20,24). The summed E-state index contributed by atoms with van der Waals surface area (Å²) in [6.07, 6.45) is 4.89. The molecule has 8 nitrogen and oxygen atoms in total. The summed E-state index contributed by atoms with van der Waals surface area (Å²) in [5.41, 5.74) is 6.02. The number of primary amides is 1. The maximum Gasteiger partial charge on any atom is 0.240 e. The van der Waals surface area contributed by atoms with Gasteiger partial charge >= 0.3 is 0 Å². The number of carbonyl (C=O) groups excluding carboxylic acids is 3. The molecule has 1 fully saturated rings. The number of aromatic nitrogens is 2. The predicted molar refractivity (Wildman–Crippen MR) is 87.6 cm³/mol. The topological polar surface area (TPSA) is 121 Å². The molecule has 0 aromatic carbocycles. The molecule has 3 amide bonds. The minimum Gasteiger partial charge on any atom is -0.368 e. The normalized spacial score (nSPS) is 19.1. The molecule has 1 saturated heterocycles. The molecule has 0 spiro atoms. The second-order valence-electron chi connectivity index (χ2n) is 6.55. The molecule has 2 rings (SSSR count). The van der Waals surface area contributed by atoms with Gasteiger partial charge in [0.2, 0.25) is 17.7 Å². The van der Waals surface area contributed by atoms with Crippen LogP contribution in [0.25, 0.3) is 0 Å². The van der Waals surface area contributed by atoms with Crippen molar-refractivity contribution in [2.45, 2.75) is 39.2 Å². The molecule has 8 heteroatoms. The number of nitrogens with zero attached hydrogens (tertiary/aromatic N) is 2. The molecule has 1 aromatic rings. The van der Waals surface area contributed by atoms with Crippen molar-refractivity contribution in [3.8, 4) is 0 Å². The Morgan fingerprint density at radius 3 is 2.79 bits per heavy atom. The number of amides is 3. The number of carbonyl (C=O) groups is 3. The van der Waals surface area contributed by atoms with Gasteiger partial charge in [-0.15, -0.1) is 0 Å². The van der Waals surface area contributed by atoms with Crippen molar-refractivity contribution in [3.05, 3.63) is 18.2 Å². The lowest BCUT2D eigenvalue weighted by Crippen LogP contribution is -2.52. The molecule has 2 heterocycles. The van der Waals surface area contributed by atoms with Crippen LogP contribution in [0.4, 0.5) is 0 Å². The highest BCUT2D eigenvalue weighted by molar-refractivity contribution is 5.88. The molecule has 24 heavy (non-hydrogen) atoms. The molecule has 2 atom stereocenters. The number of nitrogens with two attached hydrogens (primary N) is 1. The number of nitrogens with one attached hydrogen (secondary N) is 2. The zero-order valence-corrected chi connectivity index (χ0v) is 14.1. The van der Waals surface area contributed by atoms with Crippen molar-refractivity contribution < 1.29 is 14.4 Å². The van der Waals surface area contributed by atoms with Gasteiger partial charge < -0.3 is 20.9 Å². The van der Waals surface area contributed by atoms with E-state index in [0.29, 0.717) is 25.2 Å². The van der Waals surface area contributed by atoms with Gasteiger partial charge in [-0.2, -0.15) is 0 Å². The number of likely N-dealkylation sites (tertiary alicyclic amines) is 1. The SMILES string of the molecule is CC(C)C(NC(=O)C1CCCN(C(=O)Cc2c[nH]cn2)C1)C(N)=O. The van der Waals surface area contributed by atoms with Crippen LogP contribution in [-0.2, 0) is 20.8 Å². The molecule has 4 N–H and O–H groups in total. The number of hydrogen-bond acceptors (Lipinski definition) is 4. The molecule has 1 aliphatic heterocycles. The van der Waals surface area contributed by atoms with Gasteiger partial charge in [-0.05, 0) is 18.8 Å². The first-order chi connectivity index (χ1) is 11.4. The summed E-state index contributed by atoms with van der Waals surface area (Å²) in [4.78, 5) is 44.8. The Morgan fingerprint density at radius 1 is 1.46 bits per heavy atom. The molecule has 0 aliphatic carbocycles. The molecular weight excluding hydrogens is 310 g/mol. The molecule has 0 saturated carbocycles. The van der Waals surface area contributed by atoms with E-state index in [2.05, 4.69) is 15.3 Å². The summed E-state index contributed by atoms with van der Waals surface area (Å²) in [6.45, 7) is 4.65. The van der Waals surface area contributed by atoms with Crippen LogP contribution >= 0.6 is 0 Å². The number of rotatable bonds is 6. The minimum atomic E-state index is -0.687. The number of aromatic amines is 1. The largest absolute Gasteiger partial charge is 0.368 e. The summed E-state index contributed by atoms with van der Waals surface area (Å²) >= 11 is 0. The summed E-state index contributed by atoms with van der Waals surface area (Å²) in [5.74, 6) is -1.20. The van der Waals surface area contributed by atoms with Crippen molar-refractivity contribution in [2.24, 2.45) is 17.6 Å². The van der Waals surface area contributed by atoms with Gasteiger partial charge in [0.15, 0.2) is 0 Å². The highest BCUT2D eigenvalue weighted by atomic mass is 16.2. The second kappa shape index (κ2) is 7.94. The van der Waals surface area contributed by atoms with E-state index < -0.39 is 11.9 Å². The van der Waals surface area contributed by atoms with E-state index in [4.69, 9.17) is 5.73 Å². The second-order valence-corrected chi connectivity index (χ2v) is 6.55. The van der Waals surface area contributed by atoms with Crippen LogP contribution in [0.3, 0.4) is 0 Å². The molecule has 132 valence electrons.